The van der Waals surface area contributed by atoms with Crippen molar-refractivity contribution >= 4 is 29.9 Å². The predicted molar refractivity (Wildman–Crippen MR) is 86.9 cm³/mol. The number of nitrogens with zero attached hydrogens (tertiary/aromatic N) is 4. The van der Waals surface area contributed by atoms with Gasteiger partial charge in [0.25, 0.3) is 0 Å². The Kier molecular flexibility index (Phi) is 7.11. The Morgan fingerprint density at radius 1 is 1.32 bits per heavy atom. The van der Waals surface area contributed by atoms with Gasteiger partial charge in [0.05, 0.1) is 6.54 Å². The number of halogens is 1. The van der Waals surface area contributed by atoms with Crippen LogP contribution < -0.4 is 10.6 Å². The van der Waals surface area contributed by atoms with Gasteiger partial charge in [-0.15, -0.1) is 34.2 Å². The van der Waals surface area contributed by atoms with Crippen molar-refractivity contribution in [3.05, 3.63) is 11.6 Å². The number of aliphatic imine (C=N–C) groups is 1. The molecule has 0 aliphatic carbocycles. The van der Waals surface area contributed by atoms with Crippen molar-refractivity contribution in [3.8, 4) is 0 Å². The van der Waals surface area contributed by atoms with E-state index < -0.39 is 0 Å². The normalized spacial score (nSPS) is 14.5. The number of aryl methyl sites for hydroxylation is 1. The Hall–Kier alpha value is -0.860. The quantitative estimate of drug-likeness (QED) is 0.471. The lowest BCUT2D eigenvalue weighted by atomic mass is 10.2. The van der Waals surface area contributed by atoms with E-state index >= 15 is 0 Å². The van der Waals surface area contributed by atoms with Crippen molar-refractivity contribution in [2.45, 2.75) is 45.7 Å². The summed E-state index contributed by atoms with van der Waals surface area (Å²) in [6.45, 7) is 4.78. The second-order valence-corrected chi connectivity index (χ2v) is 4.49. The maximum absolute atomic E-state index is 4.25. The monoisotopic (exact) mass is 378 g/mol. The summed E-state index contributed by atoms with van der Waals surface area (Å²) < 4.78 is 2.23. The van der Waals surface area contributed by atoms with E-state index in [1.165, 1.54) is 12.8 Å². The molecule has 1 aromatic heterocycles. The fraction of sp³-hybridized carbons (Fsp3) is 0.750. The molecular weight excluding hydrogens is 355 g/mol. The van der Waals surface area contributed by atoms with E-state index in [2.05, 4.69) is 37.3 Å². The molecule has 1 aliphatic heterocycles. The summed E-state index contributed by atoms with van der Waals surface area (Å²) in [4.78, 5) is 4.17. The maximum atomic E-state index is 4.25. The van der Waals surface area contributed by atoms with Crippen LogP contribution in [-0.2, 0) is 19.5 Å². The Morgan fingerprint density at radius 3 is 2.89 bits per heavy atom. The molecule has 2 N–H and O–H groups in total. The molecule has 108 valence electrons. The zero-order valence-electron chi connectivity index (χ0n) is 11.6. The third-order valence-corrected chi connectivity index (χ3v) is 3.12. The molecule has 0 amide bonds. The summed E-state index contributed by atoms with van der Waals surface area (Å²) in [7, 11) is 1.78. The highest BCUT2D eigenvalue weighted by molar-refractivity contribution is 14.0. The highest BCUT2D eigenvalue weighted by Crippen LogP contribution is 2.13. The number of hydrogen-bond donors (Lipinski definition) is 2. The van der Waals surface area contributed by atoms with Gasteiger partial charge in [-0.25, -0.2) is 0 Å². The molecule has 0 aromatic carbocycles. The lowest BCUT2D eigenvalue weighted by Crippen LogP contribution is -2.37. The largest absolute Gasteiger partial charge is 0.356 e. The summed E-state index contributed by atoms with van der Waals surface area (Å²) >= 11 is 0. The van der Waals surface area contributed by atoms with Crippen LogP contribution in [0.4, 0.5) is 0 Å². The minimum absolute atomic E-state index is 0. The fourth-order valence-corrected chi connectivity index (χ4v) is 2.13. The minimum Gasteiger partial charge on any atom is -0.356 e. The summed E-state index contributed by atoms with van der Waals surface area (Å²) in [5, 5.41) is 15.0. The average Bonchev–Trinajstić information content (AvgIpc) is 2.82. The molecule has 19 heavy (non-hydrogen) atoms. The molecule has 0 spiro atoms. The fourth-order valence-electron chi connectivity index (χ4n) is 2.13. The molecular formula is C12H23IN6. The molecule has 0 saturated heterocycles. The molecule has 0 atom stereocenters. The lowest BCUT2D eigenvalue weighted by Gasteiger charge is -2.15. The third-order valence-electron chi connectivity index (χ3n) is 3.12. The molecule has 2 heterocycles. The van der Waals surface area contributed by atoms with Gasteiger partial charge < -0.3 is 15.2 Å². The first kappa shape index (κ1) is 16.2. The Balaban J connectivity index is 0.00000180. The first-order chi connectivity index (χ1) is 8.85. The van der Waals surface area contributed by atoms with Gasteiger partial charge in [0.2, 0.25) is 0 Å². The summed E-state index contributed by atoms with van der Waals surface area (Å²) in [5.41, 5.74) is 0. The van der Waals surface area contributed by atoms with Crippen LogP contribution in [0.3, 0.4) is 0 Å². The molecule has 0 fully saturated rings. The maximum Gasteiger partial charge on any atom is 0.191 e. The molecule has 1 aliphatic rings. The van der Waals surface area contributed by atoms with Crippen LogP contribution in [0.15, 0.2) is 4.99 Å². The summed E-state index contributed by atoms with van der Waals surface area (Å²) in [6.07, 6.45) is 4.59. The van der Waals surface area contributed by atoms with Crippen LogP contribution >= 0.6 is 24.0 Å². The van der Waals surface area contributed by atoms with Crippen molar-refractivity contribution in [2.75, 3.05) is 13.6 Å². The molecule has 7 heteroatoms. The van der Waals surface area contributed by atoms with Gasteiger partial charge in [-0.3, -0.25) is 4.99 Å². The minimum atomic E-state index is 0. The van der Waals surface area contributed by atoms with Gasteiger partial charge in [0.15, 0.2) is 11.8 Å². The second-order valence-electron chi connectivity index (χ2n) is 4.49. The second kappa shape index (κ2) is 8.34. The van der Waals surface area contributed by atoms with Gasteiger partial charge in [-0.1, -0.05) is 6.92 Å². The Bertz CT molecular complexity index is 414. The Labute approximate surface area is 131 Å². The standard InChI is InChI=1S/C12H22N6.HI/c1-3-7-14-12(13-2)15-9-11-17-16-10-6-4-5-8-18(10)11;/h3-9H2,1-2H3,(H2,13,14,15);1H. The number of rotatable bonds is 4. The van der Waals surface area contributed by atoms with Crippen LogP contribution in [0.1, 0.15) is 37.8 Å². The van der Waals surface area contributed by atoms with Gasteiger partial charge in [0.1, 0.15) is 5.82 Å². The topological polar surface area (TPSA) is 67.1 Å². The van der Waals surface area contributed by atoms with E-state index in [1.54, 1.807) is 7.05 Å². The molecule has 6 nitrogen and oxygen atoms in total. The van der Waals surface area contributed by atoms with Crippen LogP contribution in [0.25, 0.3) is 0 Å². The predicted octanol–water partition coefficient (Wildman–Crippen LogP) is 1.31. The number of fused-ring (bicyclic) bond motifs is 1. The van der Waals surface area contributed by atoms with E-state index in [1.807, 2.05) is 0 Å². The number of aromatic nitrogens is 3. The van der Waals surface area contributed by atoms with Crippen LogP contribution in [0.2, 0.25) is 0 Å². The zero-order chi connectivity index (χ0) is 12.8. The first-order valence-electron chi connectivity index (χ1n) is 6.70. The summed E-state index contributed by atoms with van der Waals surface area (Å²) in [6, 6.07) is 0. The van der Waals surface area contributed by atoms with Crippen molar-refractivity contribution in [1.82, 2.24) is 25.4 Å². The third kappa shape index (κ3) is 4.32. The molecule has 0 bridgehead atoms. The van der Waals surface area contributed by atoms with Crippen molar-refractivity contribution in [1.29, 1.82) is 0 Å². The van der Waals surface area contributed by atoms with E-state index in [0.717, 1.165) is 43.5 Å². The van der Waals surface area contributed by atoms with E-state index in [9.17, 15) is 0 Å². The van der Waals surface area contributed by atoms with Crippen molar-refractivity contribution < 1.29 is 0 Å². The van der Waals surface area contributed by atoms with E-state index in [-0.39, 0.29) is 24.0 Å². The zero-order valence-corrected chi connectivity index (χ0v) is 14.0. The van der Waals surface area contributed by atoms with E-state index in [0.29, 0.717) is 6.54 Å². The molecule has 0 saturated carbocycles. The highest BCUT2D eigenvalue weighted by Gasteiger charge is 2.15. The molecule has 0 radical (unpaired) electrons. The smallest absolute Gasteiger partial charge is 0.191 e. The van der Waals surface area contributed by atoms with E-state index in [4.69, 9.17) is 0 Å². The van der Waals surface area contributed by atoms with Gasteiger partial charge >= 0.3 is 0 Å². The van der Waals surface area contributed by atoms with Gasteiger partial charge in [0, 0.05) is 26.6 Å². The van der Waals surface area contributed by atoms with Gasteiger partial charge in [-0.2, -0.15) is 0 Å². The lowest BCUT2D eigenvalue weighted by molar-refractivity contribution is 0.504. The SMILES string of the molecule is CCCNC(=NC)NCc1nnc2n1CCCC2.I. The van der Waals surface area contributed by atoms with Crippen LogP contribution in [0.5, 0.6) is 0 Å². The average molecular weight is 378 g/mol. The first-order valence-corrected chi connectivity index (χ1v) is 6.70. The highest BCUT2D eigenvalue weighted by atomic mass is 127. The molecule has 0 unspecified atom stereocenters. The molecule has 2 rings (SSSR count). The number of nitrogens with one attached hydrogen (secondary N) is 2. The van der Waals surface area contributed by atoms with Crippen molar-refractivity contribution in [3.63, 3.8) is 0 Å². The van der Waals surface area contributed by atoms with Crippen molar-refractivity contribution in [2.24, 2.45) is 4.99 Å². The summed E-state index contributed by atoms with van der Waals surface area (Å²) in [5.74, 6) is 2.95. The van der Waals surface area contributed by atoms with Crippen LogP contribution in [0, 0.1) is 0 Å². The number of guanidine groups is 1. The number of hydrogen-bond acceptors (Lipinski definition) is 3. The van der Waals surface area contributed by atoms with Gasteiger partial charge in [-0.05, 0) is 19.3 Å². The Morgan fingerprint density at radius 2 is 2.16 bits per heavy atom. The molecule has 1 aromatic rings. The van der Waals surface area contributed by atoms with Crippen LogP contribution in [-0.4, -0.2) is 34.3 Å².